The van der Waals surface area contributed by atoms with Gasteiger partial charge in [-0.25, -0.2) is 4.98 Å². The quantitative estimate of drug-likeness (QED) is 0.749. The van der Waals surface area contributed by atoms with Gasteiger partial charge in [0.25, 0.3) is 0 Å². The monoisotopic (exact) mass is 349 g/mol. The topological polar surface area (TPSA) is 83.4 Å². The molecule has 3 heterocycles. The Hall–Kier alpha value is -3.19. The van der Waals surface area contributed by atoms with Crippen LogP contribution in [0, 0.1) is 0 Å². The van der Waals surface area contributed by atoms with Crippen molar-refractivity contribution in [3.63, 3.8) is 0 Å². The van der Waals surface area contributed by atoms with Gasteiger partial charge in [0.05, 0.1) is 30.8 Å². The molecule has 1 saturated heterocycles. The summed E-state index contributed by atoms with van der Waals surface area (Å²) < 4.78 is 5.43. The molecule has 4 rings (SSSR count). The molecule has 3 aromatic rings. The Morgan fingerprint density at radius 3 is 2.58 bits per heavy atom. The summed E-state index contributed by atoms with van der Waals surface area (Å²) in [7, 11) is 0. The van der Waals surface area contributed by atoms with Crippen molar-refractivity contribution >= 4 is 17.5 Å². The Morgan fingerprint density at radius 1 is 1.04 bits per heavy atom. The van der Waals surface area contributed by atoms with Crippen molar-refractivity contribution in [1.29, 1.82) is 0 Å². The summed E-state index contributed by atoms with van der Waals surface area (Å²) in [5.41, 5.74) is 2.55. The Morgan fingerprint density at radius 2 is 1.85 bits per heavy atom. The van der Waals surface area contributed by atoms with Crippen LogP contribution < -0.4 is 10.2 Å². The van der Waals surface area contributed by atoms with Gasteiger partial charge in [-0.05, 0) is 36.4 Å². The molecule has 0 aliphatic carbocycles. The zero-order valence-corrected chi connectivity index (χ0v) is 14.2. The predicted molar refractivity (Wildman–Crippen MR) is 99.7 cm³/mol. The normalized spacial score (nSPS) is 14.2. The fourth-order valence-corrected chi connectivity index (χ4v) is 2.77. The van der Waals surface area contributed by atoms with E-state index in [2.05, 4.69) is 20.2 Å². The van der Waals surface area contributed by atoms with E-state index in [0.717, 1.165) is 30.0 Å². The second kappa shape index (κ2) is 7.37. The first-order chi connectivity index (χ1) is 12.8. The number of nitrogens with zero attached hydrogens (tertiary/aromatic N) is 4. The molecular weight excluding hydrogens is 330 g/mol. The summed E-state index contributed by atoms with van der Waals surface area (Å²) in [6, 6.07) is 12.7. The van der Waals surface area contributed by atoms with Crippen LogP contribution in [0.25, 0.3) is 11.3 Å². The van der Waals surface area contributed by atoms with E-state index in [0.29, 0.717) is 25.0 Å². The Kier molecular flexibility index (Phi) is 4.61. The standard InChI is InChI=1S/C19H19N5O2/c25-16-5-3-14(4-6-16)17-12-18(21-15-2-1-7-20-13-15)23-19(22-17)24-8-10-26-11-9-24/h1-7,12-13,25H,8-11H2,(H,21,22,23). The van der Waals surface area contributed by atoms with Gasteiger partial charge >= 0.3 is 0 Å². The maximum atomic E-state index is 9.54. The van der Waals surface area contributed by atoms with Crippen molar-refractivity contribution in [2.75, 3.05) is 36.5 Å². The van der Waals surface area contributed by atoms with E-state index in [-0.39, 0.29) is 5.75 Å². The summed E-state index contributed by atoms with van der Waals surface area (Å²) in [6.45, 7) is 2.84. The molecule has 7 heteroatoms. The maximum Gasteiger partial charge on any atom is 0.228 e. The lowest BCUT2D eigenvalue weighted by atomic mass is 10.1. The van der Waals surface area contributed by atoms with Crippen LogP contribution in [0.4, 0.5) is 17.5 Å². The molecule has 0 saturated carbocycles. The molecule has 2 aromatic heterocycles. The van der Waals surface area contributed by atoms with E-state index >= 15 is 0 Å². The van der Waals surface area contributed by atoms with Gasteiger partial charge in [0.2, 0.25) is 5.95 Å². The average Bonchev–Trinajstić information content (AvgIpc) is 2.70. The van der Waals surface area contributed by atoms with Crippen molar-refractivity contribution < 1.29 is 9.84 Å². The van der Waals surface area contributed by atoms with Gasteiger partial charge in [-0.15, -0.1) is 0 Å². The van der Waals surface area contributed by atoms with Crippen LogP contribution in [0.2, 0.25) is 0 Å². The first-order valence-corrected chi connectivity index (χ1v) is 8.46. The fraction of sp³-hybridized carbons (Fsp3) is 0.211. The maximum absolute atomic E-state index is 9.54. The van der Waals surface area contributed by atoms with E-state index in [1.807, 2.05) is 30.3 Å². The minimum absolute atomic E-state index is 0.227. The van der Waals surface area contributed by atoms with E-state index in [9.17, 15) is 5.11 Å². The van der Waals surface area contributed by atoms with E-state index in [4.69, 9.17) is 9.72 Å². The molecule has 0 spiro atoms. The van der Waals surface area contributed by atoms with Gasteiger partial charge in [-0.3, -0.25) is 4.98 Å². The molecule has 0 unspecified atom stereocenters. The van der Waals surface area contributed by atoms with Crippen LogP contribution in [0.3, 0.4) is 0 Å². The second-order valence-corrected chi connectivity index (χ2v) is 5.95. The first kappa shape index (κ1) is 16.3. The molecule has 0 atom stereocenters. The summed E-state index contributed by atoms with van der Waals surface area (Å²) >= 11 is 0. The molecule has 1 fully saturated rings. The number of aromatic nitrogens is 3. The van der Waals surface area contributed by atoms with Crippen molar-refractivity contribution in [3.8, 4) is 17.0 Å². The highest BCUT2D eigenvalue weighted by molar-refractivity contribution is 5.67. The van der Waals surface area contributed by atoms with Crippen molar-refractivity contribution in [1.82, 2.24) is 15.0 Å². The van der Waals surface area contributed by atoms with Crippen molar-refractivity contribution in [2.24, 2.45) is 0 Å². The molecule has 132 valence electrons. The number of aromatic hydroxyl groups is 1. The van der Waals surface area contributed by atoms with Gasteiger partial charge in [-0.1, -0.05) is 0 Å². The number of anilines is 3. The van der Waals surface area contributed by atoms with Crippen LogP contribution in [-0.4, -0.2) is 46.4 Å². The Bertz CT molecular complexity index is 865. The summed E-state index contributed by atoms with van der Waals surface area (Å²) in [4.78, 5) is 15.6. The molecule has 26 heavy (non-hydrogen) atoms. The minimum Gasteiger partial charge on any atom is -0.508 e. The number of ether oxygens (including phenoxy) is 1. The van der Waals surface area contributed by atoms with Crippen molar-refractivity contribution in [3.05, 3.63) is 54.9 Å². The van der Waals surface area contributed by atoms with E-state index in [1.54, 1.807) is 24.5 Å². The van der Waals surface area contributed by atoms with E-state index < -0.39 is 0 Å². The largest absolute Gasteiger partial charge is 0.508 e. The summed E-state index contributed by atoms with van der Waals surface area (Å²) in [6.07, 6.45) is 3.48. The Labute approximate surface area is 151 Å². The minimum atomic E-state index is 0.227. The van der Waals surface area contributed by atoms with Crippen LogP contribution in [0.1, 0.15) is 0 Å². The van der Waals surface area contributed by atoms with Crippen LogP contribution >= 0.6 is 0 Å². The predicted octanol–water partition coefficient (Wildman–Crippen LogP) is 2.82. The molecule has 0 amide bonds. The number of phenolic OH excluding ortho intramolecular Hbond substituents is 1. The lowest BCUT2D eigenvalue weighted by Crippen LogP contribution is -2.37. The number of nitrogens with one attached hydrogen (secondary N) is 1. The molecule has 1 aliphatic heterocycles. The average molecular weight is 349 g/mol. The molecule has 0 radical (unpaired) electrons. The van der Waals surface area contributed by atoms with Crippen LogP contribution in [0.15, 0.2) is 54.9 Å². The number of hydrogen-bond donors (Lipinski definition) is 2. The molecule has 0 bridgehead atoms. The fourth-order valence-electron chi connectivity index (χ4n) is 2.77. The third-order valence-electron chi connectivity index (χ3n) is 4.11. The number of phenols is 1. The van der Waals surface area contributed by atoms with E-state index in [1.165, 1.54) is 0 Å². The first-order valence-electron chi connectivity index (χ1n) is 8.46. The van der Waals surface area contributed by atoms with Crippen LogP contribution in [-0.2, 0) is 4.74 Å². The van der Waals surface area contributed by atoms with Crippen molar-refractivity contribution in [2.45, 2.75) is 0 Å². The zero-order chi connectivity index (χ0) is 17.8. The molecular formula is C19H19N5O2. The molecule has 1 aromatic carbocycles. The summed E-state index contributed by atoms with van der Waals surface area (Å²) in [5, 5.41) is 12.8. The van der Waals surface area contributed by atoms with Gasteiger partial charge < -0.3 is 20.1 Å². The zero-order valence-electron chi connectivity index (χ0n) is 14.2. The van der Waals surface area contributed by atoms with Gasteiger partial charge in [0.15, 0.2) is 0 Å². The molecule has 7 nitrogen and oxygen atoms in total. The molecule has 1 aliphatic rings. The highest BCUT2D eigenvalue weighted by Crippen LogP contribution is 2.26. The number of pyridine rings is 1. The lowest BCUT2D eigenvalue weighted by Gasteiger charge is -2.27. The number of morpholine rings is 1. The van der Waals surface area contributed by atoms with Crippen LogP contribution in [0.5, 0.6) is 5.75 Å². The molecule has 2 N–H and O–H groups in total. The number of hydrogen-bond acceptors (Lipinski definition) is 7. The smallest absolute Gasteiger partial charge is 0.228 e. The highest BCUT2D eigenvalue weighted by atomic mass is 16.5. The van der Waals surface area contributed by atoms with Gasteiger partial charge in [-0.2, -0.15) is 4.98 Å². The summed E-state index contributed by atoms with van der Waals surface area (Å²) in [5.74, 6) is 1.58. The lowest BCUT2D eigenvalue weighted by molar-refractivity contribution is 0.122. The Balaban J connectivity index is 1.72. The highest BCUT2D eigenvalue weighted by Gasteiger charge is 2.16. The third kappa shape index (κ3) is 3.73. The number of rotatable bonds is 4. The van der Waals surface area contributed by atoms with Gasteiger partial charge in [0.1, 0.15) is 11.6 Å². The second-order valence-electron chi connectivity index (χ2n) is 5.95. The third-order valence-corrected chi connectivity index (χ3v) is 4.11. The number of benzene rings is 1. The van der Waals surface area contributed by atoms with Gasteiger partial charge in [0, 0.05) is 30.9 Å². The SMILES string of the molecule is Oc1ccc(-c2cc(Nc3cccnc3)nc(N3CCOCC3)n2)cc1.